The lowest BCUT2D eigenvalue weighted by Crippen LogP contribution is -2.07. The van der Waals surface area contributed by atoms with Crippen molar-refractivity contribution in [1.29, 1.82) is 0 Å². The van der Waals surface area contributed by atoms with Gasteiger partial charge in [0.25, 0.3) is 0 Å². The minimum Gasteiger partial charge on any atom is -0.494 e. The third-order valence-corrected chi connectivity index (χ3v) is 4.39. The highest BCUT2D eigenvalue weighted by Gasteiger charge is 2.22. The Morgan fingerprint density at radius 3 is 2.43 bits per heavy atom. The van der Waals surface area contributed by atoms with Gasteiger partial charge in [-0.1, -0.05) is 13.0 Å². The number of para-hydroxylation sites is 1. The summed E-state index contributed by atoms with van der Waals surface area (Å²) in [6, 6.07) is 5.51. The number of thiazole rings is 1. The highest BCUT2D eigenvalue weighted by molar-refractivity contribution is 7.09. The van der Waals surface area contributed by atoms with Crippen molar-refractivity contribution < 1.29 is 9.47 Å². The summed E-state index contributed by atoms with van der Waals surface area (Å²) >= 11 is 1.58. The van der Waals surface area contributed by atoms with E-state index in [1.807, 2.05) is 23.6 Å². The maximum Gasteiger partial charge on any atom is 0.227 e. The number of anilines is 1. The van der Waals surface area contributed by atoms with Crippen LogP contribution in [0.1, 0.15) is 11.9 Å². The Labute approximate surface area is 137 Å². The summed E-state index contributed by atoms with van der Waals surface area (Å²) in [4.78, 5) is 4.57. The Hall–Kier alpha value is -2.61. The van der Waals surface area contributed by atoms with Gasteiger partial charge in [0, 0.05) is 5.38 Å². The van der Waals surface area contributed by atoms with Crippen LogP contribution in [0.3, 0.4) is 0 Å². The first kappa shape index (κ1) is 15.3. The summed E-state index contributed by atoms with van der Waals surface area (Å²) in [6.45, 7) is 2.06. The van der Waals surface area contributed by atoms with E-state index in [1.165, 1.54) is 0 Å². The quantitative estimate of drug-likeness (QED) is 0.773. The molecule has 0 aliphatic carbocycles. The van der Waals surface area contributed by atoms with Crippen LogP contribution < -0.4 is 15.2 Å². The van der Waals surface area contributed by atoms with Gasteiger partial charge in [0.15, 0.2) is 5.82 Å². The fraction of sp³-hybridized carbons (Fsp3) is 0.267. The van der Waals surface area contributed by atoms with Gasteiger partial charge in [-0.3, -0.25) is 4.57 Å². The van der Waals surface area contributed by atoms with Crippen molar-refractivity contribution >= 4 is 17.3 Å². The topological polar surface area (TPSA) is 88.1 Å². The molecule has 0 spiro atoms. The highest BCUT2D eigenvalue weighted by Crippen LogP contribution is 2.36. The van der Waals surface area contributed by atoms with Gasteiger partial charge in [0.05, 0.1) is 19.2 Å². The lowest BCUT2D eigenvalue weighted by Gasteiger charge is -2.15. The molecule has 0 unspecified atom stereocenters. The zero-order valence-electron chi connectivity index (χ0n) is 13.1. The van der Waals surface area contributed by atoms with Crippen molar-refractivity contribution in [3.8, 4) is 28.7 Å². The number of benzene rings is 1. The van der Waals surface area contributed by atoms with E-state index < -0.39 is 0 Å². The van der Waals surface area contributed by atoms with E-state index in [9.17, 15) is 0 Å². The number of aromatic nitrogens is 4. The molecule has 0 aliphatic rings. The van der Waals surface area contributed by atoms with E-state index in [0.29, 0.717) is 23.0 Å². The number of hydrogen-bond acceptors (Lipinski definition) is 7. The van der Waals surface area contributed by atoms with Gasteiger partial charge in [-0.05, 0) is 18.6 Å². The van der Waals surface area contributed by atoms with Crippen molar-refractivity contribution in [3.05, 3.63) is 28.6 Å². The second kappa shape index (κ2) is 6.25. The van der Waals surface area contributed by atoms with Crippen LogP contribution in [0.5, 0.6) is 11.5 Å². The molecule has 0 fully saturated rings. The zero-order valence-corrected chi connectivity index (χ0v) is 13.9. The van der Waals surface area contributed by atoms with Gasteiger partial charge in [-0.15, -0.1) is 21.5 Å². The molecule has 0 aliphatic heterocycles. The Balaban J connectivity index is 2.24. The Bertz CT molecular complexity index is 805. The lowest BCUT2D eigenvalue weighted by atomic mass is 10.2. The summed E-state index contributed by atoms with van der Waals surface area (Å²) in [6.07, 6.45) is 0.867. The molecule has 0 amide bonds. The van der Waals surface area contributed by atoms with E-state index in [4.69, 9.17) is 15.2 Å². The number of nitrogens with two attached hydrogens (primary N) is 1. The monoisotopic (exact) mass is 331 g/mol. The molecule has 7 nitrogen and oxygen atoms in total. The molecule has 3 aromatic rings. The van der Waals surface area contributed by atoms with E-state index in [1.54, 1.807) is 30.1 Å². The molecule has 8 heteroatoms. The number of ether oxygens (including phenoxy) is 2. The van der Waals surface area contributed by atoms with Gasteiger partial charge in [-0.2, -0.15) is 0 Å². The highest BCUT2D eigenvalue weighted by atomic mass is 32.1. The van der Waals surface area contributed by atoms with Gasteiger partial charge in [0.2, 0.25) is 5.95 Å². The fourth-order valence-corrected chi connectivity index (χ4v) is 3.03. The standard InChI is InChI=1S/C15H17N5O2S/c1-4-12-17-9(8-23-12)14-18-19-15(16)20(14)13-10(21-2)6-5-7-11(13)22-3/h5-8H,4H2,1-3H3,(H2,16,19). The molecule has 23 heavy (non-hydrogen) atoms. The van der Waals surface area contributed by atoms with E-state index in [0.717, 1.165) is 17.1 Å². The predicted octanol–water partition coefficient (Wildman–Crippen LogP) is 2.55. The third kappa shape index (κ3) is 2.61. The van der Waals surface area contributed by atoms with Crippen LogP contribution in [0.2, 0.25) is 0 Å². The van der Waals surface area contributed by atoms with Crippen LogP contribution in [0, 0.1) is 0 Å². The molecule has 1 aromatic carbocycles. The first-order chi connectivity index (χ1) is 11.2. The predicted molar refractivity (Wildman–Crippen MR) is 89.4 cm³/mol. The van der Waals surface area contributed by atoms with E-state index in [2.05, 4.69) is 22.1 Å². The zero-order chi connectivity index (χ0) is 16.4. The Morgan fingerprint density at radius 1 is 1.17 bits per heavy atom. The minimum absolute atomic E-state index is 0.244. The van der Waals surface area contributed by atoms with Crippen LogP contribution in [0.4, 0.5) is 5.95 Å². The van der Waals surface area contributed by atoms with Crippen LogP contribution >= 0.6 is 11.3 Å². The second-order valence-corrected chi connectivity index (χ2v) is 5.65. The summed E-state index contributed by atoms with van der Waals surface area (Å²) in [5, 5.41) is 11.2. The lowest BCUT2D eigenvalue weighted by molar-refractivity contribution is 0.391. The normalized spacial score (nSPS) is 10.7. The van der Waals surface area contributed by atoms with Gasteiger partial charge in [0.1, 0.15) is 22.9 Å². The first-order valence-corrected chi connectivity index (χ1v) is 7.94. The van der Waals surface area contributed by atoms with Crippen LogP contribution in [0.15, 0.2) is 23.6 Å². The Kier molecular flexibility index (Phi) is 4.16. The van der Waals surface area contributed by atoms with Crippen LogP contribution in [0.25, 0.3) is 17.2 Å². The molecule has 3 rings (SSSR count). The SMILES string of the molecule is CCc1nc(-c2nnc(N)n2-c2c(OC)cccc2OC)cs1. The molecule has 0 bridgehead atoms. The van der Waals surface area contributed by atoms with Crippen molar-refractivity contribution in [2.75, 3.05) is 20.0 Å². The summed E-state index contributed by atoms with van der Waals surface area (Å²) in [7, 11) is 3.19. The average molecular weight is 331 g/mol. The first-order valence-electron chi connectivity index (χ1n) is 7.06. The minimum atomic E-state index is 0.244. The third-order valence-electron chi connectivity index (χ3n) is 3.40. The van der Waals surface area contributed by atoms with Crippen molar-refractivity contribution in [2.45, 2.75) is 13.3 Å². The van der Waals surface area contributed by atoms with Crippen LogP contribution in [-0.2, 0) is 6.42 Å². The number of rotatable bonds is 5. The van der Waals surface area contributed by atoms with Gasteiger partial charge in [-0.25, -0.2) is 4.98 Å². The van der Waals surface area contributed by atoms with Gasteiger partial charge >= 0.3 is 0 Å². The number of methoxy groups -OCH3 is 2. The maximum atomic E-state index is 6.05. The number of aryl methyl sites for hydroxylation is 1. The summed E-state index contributed by atoms with van der Waals surface area (Å²) in [5.41, 5.74) is 7.43. The molecule has 2 heterocycles. The molecule has 2 N–H and O–H groups in total. The molecule has 120 valence electrons. The molecule has 0 saturated heterocycles. The number of nitrogen functional groups attached to an aromatic ring is 1. The Morgan fingerprint density at radius 2 is 1.87 bits per heavy atom. The number of hydrogen-bond donors (Lipinski definition) is 1. The average Bonchev–Trinajstić information content (AvgIpc) is 3.20. The smallest absolute Gasteiger partial charge is 0.227 e. The van der Waals surface area contributed by atoms with E-state index in [-0.39, 0.29) is 5.95 Å². The van der Waals surface area contributed by atoms with Crippen molar-refractivity contribution in [2.24, 2.45) is 0 Å². The molecule has 0 radical (unpaired) electrons. The van der Waals surface area contributed by atoms with E-state index >= 15 is 0 Å². The molecule has 2 aromatic heterocycles. The molecular weight excluding hydrogens is 314 g/mol. The molecular formula is C15H17N5O2S. The molecule has 0 saturated carbocycles. The number of nitrogens with zero attached hydrogens (tertiary/aromatic N) is 4. The van der Waals surface area contributed by atoms with Gasteiger partial charge < -0.3 is 15.2 Å². The molecule has 0 atom stereocenters. The summed E-state index contributed by atoms with van der Waals surface area (Å²) < 4.78 is 12.6. The summed E-state index contributed by atoms with van der Waals surface area (Å²) in [5.74, 6) is 2.03. The van der Waals surface area contributed by atoms with Crippen LogP contribution in [-0.4, -0.2) is 34.0 Å². The second-order valence-electron chi connectivity index (χ2n) is 4.71. The van der Waals surface area contributed by atoms with Crippen molar-refractivity contribution in [3.63, 3.8) is 0 Å². The van der Waals surface area contributed by atoms with Crippen molar-refractivity contribution in [1.82, 2.24) is 19.7 Å². The fourth-order valence-electron chi connectivity index (χ4n) is 2.31. The maximum absolute atomic E-state index is 6.05. The largest absolute Gasteiger partial charge is 0.494 e.